The predicted octanol–water partition coefficient (Wildman–Crippen LogP) is 4.65. The molecule has 0 unspecified atom stereocenters. The molecular weight excluding hydrogens is 419 g/mol. The molecule has 2 N–H and O–H groups in total. The Morgan fingerprint density at radius 2 is 1.55 bits per heavy atom. The Morgan fingerprint density at radius 1 is 0.935 bits per heavy atom. The summed E-state index contributed by atoms with van der Waals surface area (Å²) in [7, 11) is -3.85. The molecule has 0 bridgehead atoms. The molecule has 8 heteroatoms. The molecule has 3 aromatic rings. The van der Waals surface area contributed by atoms with Crippen LogP contribution in [0.15, 0.2) is 71.6 Å². The van der Waals surface area contributed by atoms with Crippen LogP contribution in [-0.4, -0.2) is 20.4 Å². The standard InChI is InChI=1S/C23H23FN2O4S/c1-15-4-13-22(16(2)14-15)30-17(3)23(27)25-19-9-11-21(12-10-19)31(28,29)26-20-7-5-18(24)6-8-20/h4-14,17,26H,1-3H3,(H,25,27)/t17-/m1/s1. The minimum absolute atomic E-state index is 0.00871. The van der Waals surface area contributed by atoms with Crippen LogP contribution in [0.1, 0.15) is 18.1 Å². The summed E-state index contributed by atoms with van der Waals surface area (Å²) in [5.74, 6) is -0.194. The van der Waals surface area contributed by atoms with Crippen LogP contribution < -0.4 is 14.8 Å². The Bertz CT molecular complexity index is 1180. The van der Waals surface area contributed by atoms with E-state index in [0.29, 0.717) is 11.4 Å². The van der Waals surface area contributed by atoms with Gasteiger partial charge in [-0.3, -0.25) is 9.52 Å². The monoisotopic (exact) mass is 442 g/mol. The highest BCUT2D eigenvalue weighted by molar-refractivity contribution is 7.92. The van der Waals surface area contributed by atoms with Crippen LogP contribution in [-0.2, 0) is 14.8 Å². The van der Waals surface area contributed by atoms with E-state index in [9.17, 15) is 17.6 Å². The maximum Gasteiger partial charge on any atom is 0.265 e. The first kappa shape index (κ1) is 22.3. The van der Waals surface area contributed by atoms with Crippen LogP contribution in [0.4, 0.5) is 15.8 Å². The zero-order chi connectivity index (χ0) is 22.6. The molecule has 162 valence electrons. The SMILES string of the molecule is Cc1ccc(O[C@H](C)C(=O)Nc2ccc(S(=O)(=O)Nc3ccc(F)cc3)cc2)c(C)c1. The van der Waals surface area contributed by atoms with Crippen LogP contribution >= 0.6 is 0 Å². The molecule has 0 spiro atoms. The van der Waals surface area contributed by atoms with Crippen LogP contribution in [0, 0.1) is 19.7 Å². The Morgan fingerprint density at radius 3 is 2.16 bits per heavy atom. The third kappa shape index (κ3) is 5.82. The van der Waals surface area contributed by atoms with Gasteiger partial charge in [0.1, 0.15) is 11.6 Å². The quantitative estimate of drug-likeness (QED) is 0.558. The average Bonchev–Trinajstić information content (AvgIpc) is 2.72. The molecule has 0 saturated heterocycles. The fourth-order valence-electron chi connectivity index (χ4n) is 2.87. The summed E-state index contributed by atoms with van der Waals surface area (Å²) < 4.78 is 46.1. The molecule has 0 aliphatic heterocycles. The number of rotatable bonds is 7. The van der Waals surface area contributed by atoms with Crippen LogP contribution in [0.25, 0.3) is 0 Å². The maximum absolute atomic E-state index is 13.0. The number of halogens is 1. The lowest BCUT2D eigenvalue weighted by Gasteiger charge is -2.17. The summed E-state index contributed by atoms with van der Waals surface area (Å²) in [5, 5.41) is 2.71. The van der Waals surface area contributed by atoms with Crippen molar-refractivity contribution >= 4 is 27.3 Å². The molecule has 1 amide bonds. The van der Waals surface area contributed by atoms with Crippen molar-refractivity contribution in [1.82, 2.24) is 0 Å². The highest BCUT2D eigenvalue weighted by Crippen LogP contribution is 2.21. The number of ether oxygens (including phenoxy) is 1. The number of anilines is 2. The van der Waals surface area contributed by atoms with Crippen molar-refractivity contribution in [2.45, 2.75) is 31.8 Å². The van der Waals surface area contributed by atoms with E-state index in [2.05, 4.69) is 10.0 Å². The molecule has 0 aromatic heterocycles. The van der Waals surface area contributed by atoms with Gasteiger partial charge in [0.05, 0.1) is 4.90 Å². The van der Waals surface area contributed by atoms with Gasteiger partial charge in [-0.1, -0.05) is 17.7 Å². The minimum Gasteiger partial charge on any atom is -0.481 e. The van der Waals surface area contributed by atoms with E-state index in [1.54, 1.807) is 6.92 Å². The number of amides is 1. The molecule has 1 atom stereocenters. The molecule has 3 aromatic carbocycles. The summed E-state index contributed by atoms with van der Waals surface area (Å²) in [6.45, 7) is 5.53. The Labute approximate surface area is 181 Å². The van der Waals surface area contributed by atoms with Gasteiger partial charge in [0.25, 0.3) is 15.9 Å². The van der Waals surface area contributed by atoms with Crippen molar-refractivity contribution in [3.05, 3.63) is 83.7 Å². The number of aryl methyl sites for hydroxylation is 2. The normalized spacial score (nSPS) is 12.1. The highest BCUT2D eigenvalue weighted by Gasteiger charge is 2.18. The Balaban J connectivity index is 1.63. The lowest BCUT2D eigenvalue weighted by atomic mass is 10.1. The van der Waals surface area contributed by atoms with Gasteiger partial charge in [-0.05, 0) is 80.9 Å². The van der Waals surface area contributed by atoms with E-state index in [4.69, 9.17) is 4.74 Å². The van der Waals surface area contributed by atoms with Gasteiger partial charge in [0.15, 0.2) is 6.10 Å². The van der Waals surface area contributed by atoms with E-state index in [-0.39, 0.29) is 16.5 Å². The number of benzene rings is 3. The van der Waals surface area contributed by atoms with Gasteiger partial charge in [-0.2, -0.15) is 0 Å². The van der Waals surface area contributed by atoms with E-state index in [1.807, 2.05) is 32.0 Å². The topological polar surface area (TPSA) is 84.5 Å². The van der Waals surface area contributed by atoms with Crippen molar-refractivity contribution in [2.24, 2.45) is 0 Å². The molecule has 0 radical (unpaired) electrons. The maximum atomic E-state index is 13.0. The largest absolute Gasteiger partial charge is 0.481 e. The Kier molecular flexibility index (Phi) is 6.60. The summed E-state index contributed by atoms with van der Waals surface area (Å²) >= 11 is 0. The average molecular weight is 443 g/mol. The van der Waals surface area contributed by atoms with Crippen molar-refractivity contribution in [3.63, 3.8) is 0 Å². The second-order valence-electron chi connectivity index (χ2n) is 7.16. The number of nitrogens with one attached hydrogen (secondary N) is 2. The number of hydrogen-bond donors (Lipinski definition) is 2. The van der Waals surface area contributed by atoms with Crippen LogP contribution in [0.3, 0.4) is 0 Å². The fraction of sp³-hybridized carbons (Fsp3) is 0.174. The number of sulfonamides is 1. The molecule has 0 saturated carbocycles. The summed E-state index contributed by atoms with van der Waals surface area (Å²) in [5.41, 5.74) is 2.71. The Hall–Kier alpha value is -3.39. The van der Waals surface area contributed by atoms with Crippen molar-refractivity contribution in [2.75, 3.05) is 10.0 Å². The third-order valence-corrected chi connectivity index (χ3v) is 5.93. The van der Waals surface area contributed by atoms with E-state index < -0.39 is 21.9 Å². The fourth-order valence-corrected chi connectivity index (χ4v) is 3.93. The number of carbonyl (C=O) groups excluding carboxylic acids is 1. The van der Waals surface area contributed by atoms with Crippen LogP contribution in [0.2, 0.25) is 0 Å². The zero-order valence-electron chi connectivity index (χ0n) is 17.3. The first-order valence-electron chi connectivity index (χ1n) is 9.57. The molecule has 3 rings (SSSR count). The zero-order valence-corrected chi connectivity index (χ0v) is 18.2. The molecule has 0 heterocycles. The lowest BCUT2D eigenvalue weighted by molar-refractivity contribution is -0.122. The molecular formula is C23H23FN2O4S. The molecule has 6 nitrogen and oxygen atoms in total. The van der Waals surface area contributed by atoms with Crippen molar-refractivity contribution < 1.29 is 22.3 Å². The number of hydrogen-bond acceptors (Lipinski definition) is 4. The summed E-state index contributed by atoms with van der Waals surface area (Å²) in [4.78, 5) is 12.5. The third-order valence-electron chi connectivity index (χ3n) is 4.53. The van der Waals surface area contributed by atoms with E-state index in [0.717, 1.165) is 23.3 Å². The van der Waals surface area contributed by atoms with Gasteiger partial charge in [-0.15, -0.1) is 0 Å². The van der Waals surface area contributed by atoms with Gasteiger partial charge in [0.2, 0.25) is 0 Å². The van der Waals surface area contributed by atoms with E-state index >= 15 is 0 Å². The molecule has 31 heavy (non-hydrogen) atoms. The van der Waals surface area contributed by atoms with E-state index in [1.165, 1.54) is 36.4 Å². The van der Waals surface area contributed by atoms with Gasteiger partial charge < -0.3 is 10.1 Å². The summed E-state index contributed by atoms with van der Waals surface area (Å²) in [6, 6.07) is 16.4. The smallest absolute Gasteiger partial charge is 0.265 e. The first-order valence-corrected chi connectivity index (χ1v) is 11.1. The molecule has 0 aliphatic rings. The van der Waals surface area contributed by atoms with Crippen molar-refractivity contribution in [3.8, 4) is 5.75 Å². The van der Waals surface area contributed by atoms with Crippen molar-refractivity contribution in [1.29, 1.82) is 0 Å². The van der Waals surface area contributed by atoms with Gasteiger partial charge in [-0.25, -0.2) is 12.8 Å². The molecule has 0 aliphatic carbocycles. The van der Waals surface area contributed by atoms with Crippen LogP contribution in [0.5, 0.6) is 5.75 Å². The van der Waals surface area contributed by atoms with Gasteiger partial charge >= 0.3 is 0 Å². The predicted molar refractivity (Wildman–Crippen MR) is 118 cm³/mol. The molecule has 0 fully saturated rings. The highest BCUT2D eigenvalue weighted by atomic mass is 32.2. The lowest BCUT2D eigenvalue weighted by Crippen LogP contribution is -2.30. The second-order valence-corrected chi connectivity index (χ2v) is 8.84. The minimum atomic E-state index is -3.85. The summed E-state index contributed by atoms with van der Waals surface area (Å²) in [6.07, 6.45) is -0.745. The first-order chi connectivity index (χ1) is 14.6. The van der Waals surface area contributed by atoms with Gasteiger partial charge in [0, 0.05) is 11.4 Å². The number of carbonyl (C=O) groups is 1. The second kappa shape index (κ2) is 9.18.